The SMILES string of the molecule is CCC(N)C(n1ccnc1-c1ccccc1)C(F)(F)F. The van der Waals surface area contributed by atoms with Crippen molar-refractivity contribution in [1.29, 1.82) is 0 Å². The lowest BCUT2D eigenvalue weighted by molar-refractivity contribution is -0.172. The summed E-state index contributed by atoms with van der Waals surface area (Å²) in [5.41, 5.74) is 6.31. The molecule has 0 bridgehead atoms. The smallest absolute Gasteiger partial charge is 0.326 e. The van der Waals surface area contributed by atoms with E-state index < -0.39 is 18.3 Å². The van der Waals surface area contributed by atoms with Crippen molar-refractivity contribution >= 4 is 0 Å². The fraction of sp³-hybridized carbons (Fsp3) is 0.357. The number of hydrogen-bond donors (Lipinski definition) is 1. The van der Waals surface area contributed by atoms with Gasteiger partial charge in [-0.05, 0) is 6.42 Å². The van der Waals surface area contributed by atoms with Gasteiger partial charge in [0.15, 0.2) is 0 Å². The highest BCUT2D eigenvalue weighted by molar-refractivity contribution is 5.55. The zero-order chi connectivity index (χ0) is 14.8. The molecule has 0 saturated carbocycles. The number of hydrogen-bond acceptors (Lipinski definition) is 2. The summed E-state index contributed by atoms with van der Waals surface area (Å²) in [4.78, 5) is 4.04. The van der Waals surface area contributed by atoms with E-state index in [-0.39, 0.29) is 12.2 Å². The van der Waals surface area contributed by atoms with Gasteiger partial charge in [0.1, 0.15) is 11.9 Å². The molecule has 20 heavy (non-hydrogen) atoms. The highest BCUT2D eigenvalue weighted by Crippen LogP contribution is 2.36. The lowest BCUT2D eigenvalue weighted by Crippen LogP contribution is -2.41. The van der Waals surface area contributed by atoms with E-state index in [1.807, 2.05) is 0 Å². The van der Waals surface area contributed by atoms with E-state index in [0.29, 0.717) is 5.56 Å². The van der Waals surface area contributed by atoms with Crippen LogP contribution in [0, 0.1) is 0 Å². The number of rotatable bonds is 4. The van der Waals surface area contributed by atoms with Crippen LogP contribution in [0.5, 0.6) is 0 Å². The van der Waals surface area contributed by atoms with Gasteiger partial charge in [-0.25, -0.2) is 4.98 Å². The Balaban J connectivity index is 2.49. The summed E-state index contributed by atoms with van der Waals surface area (Å²) < 4.78 is 41.0. The van der Waals surface area contributed by atoms with Gasteiger partial charge in [-0.3, -0.25) is 0 Å². The monoisotopic (exact) mass is 283 g/mol. The van der Waals surface area contributed by atoms with E-state index in [2.05, 4.69) is 4.98 Å². The molecule has 2 atom stereocenters. The van der Waals surface area contributed by atoms with Gasteiger partial charge in [0.2, 0.25) is 0 Å². The Labute approximate surface area is 115 Å². The largest absolute Gasteiger partial charge is 0.410 e. The summed E-state index contributed by atoms with van der Waals surface area (Å²) in [6.45, 7) is 1.64. The first-order chi connectivity index (χ1) is 9.45. The summed E-state index contributed by atoms with van der Waals surface area (Å²) >= 11 is 0. The minimum Gasteiger partial charge on any atom is -0.326 e. The highest BCUT2D eigenvalue weighted by Gasteiger charge is 2.45. The maximum Gasteiger partial charge on any atom is 0.410 e. The van der Waals surface area contributed by atoms with Crippen LogP contribution in [0.4, 0.5) is 13.2 Å². The Morgan fingerprint density at radius 2 is 1.90 bits per heavy atom. The highest BCUT2D eigenvalue weighted by atomic mass is 19.4. The molecule has 2 rings (SSSR count). The molecule has 0 radical (unpaired) electrons. The number of benzene rings is 1. The predicted molar refractivity (Wildman–Crippen MR) is 71.0 cm³/mol. The van der Waals surface area contributed by atoms with E-state index in [4.69, 9.17) is 5.73 Å². The molecule has 2 unspecified atom stereocenters. The van der Waals surface area contributed by atoms with E-state index in [9.17, 15) is 13.2 Å². The standard InChI is InChI=1S/C14H16F3N3/c1-2-11(18)12(14(15,16)17)20-9-8-19-13(20)10-6-4-3-5-7-10/h3-9,11-12H,2,18H2,1H3. The third-order valence-corrected chi connectivity index (χ3v) is 3.21. The van der Waals surface area contributed by atoms with Crippen molar-refractivity contribution in [3.05, 3.63) is 42.7 Å². The van der Waals surface area contributed by atoms with Crippen LogP contribution in [-0.4, -0.2) is 21.8 Å². The summed E-state index contributed by atoms with van der Waals surface area (Å²) in [5, 5.41) is 0. The zero-order valence-electron chi connectivity index (χ0n) is 11.0. The van der Waals surface area contributed by atoms with Crippen LogP contribution >= 0.6 is 0 Å². The Hall–Kier alpha value is -1.82. The van der Waals surface area contributed by atoms with Gasteiger partial charge in [-0.15, -0.1) is 0 Å². The number of aromatic nitrogens is 2. The van der Waals surface area contributed by atoms with Gasteiger partial charge < -0.3 is 10.3 Å². The zero-order valence-corrected chi connectivity index (χ0v) is 11.0. The first-order valence-electron chi connectivity index (χ1n) is 6.35. The van der Waals surface area contributed by atoms with Crippen LogP contribution in [0.1, 0.15) is 19.4 Å². The van der Waals surface area contributed by atoms with Crippen molar-refractivity contribution in [2.24, 2.45) is 5.73 Å². The van der Waals surface area contributed by atoms with Gasteiger partial charge >= 0.3 is 6.18 Å². The molecule has 0 fully saturated rings. The molecule has 1 aromatic heterocycles. The second-order valence-corrected chi connectivity index (χ2v) is 4.58. The summed E-state index contributed by atoms with van der Waals surface area (Å²) in [6.07, 6.45) is -1.49. The van der Waals surface area contributed by atoms with Gasteiger partial charge in [-0.1, -0.05) is 37.3 Å². The van der Waals surface area contributed by atoms with Crippen LogP contribution in [0.25, 0.3) is 11.4 Å². The number of imidazole rings is 1. The molecule has 0 spiro atoms. The van der Waals surface area contributed by atoms with E-state index in [0.717, 1.165) is 4.57 Å². The van der Waals surface area contributed by atoms with Crippen molar-refractivity contribution in [2.75, 3.05) is 0 Å². The lowest BCUT2D eigenvalue weighted by atomic mass is 10.1. The van der Waals surface area contributed by atoms with Crippen LogP contribution in [-0.2, 0) is 0 Å². The molecule has 2 aromatic rings. The lowest BCUT2D eigenvalue weighted by Gasteiger charge is -2.28. The summed E-state index contributed by atoms with van der Waals surface area (Å²) in [6, 6.07) is 5.99. The van der Waals surface area contributed by atoms with Gasteiger partial charge in [0, 0.05) is 24.0 Å². The third-order valence-electron chi connectivity index (χ3n) is 3.21. The molecular weight excluding hydrogens is 267 g/mol. The Kier molecular flexibility index (Phi) is 4.13. The second kappa shape index (κ2) is 5.66. The van der Waals surface area contributed by atoms with Crippen molar-refractivity contribution < 1.29 is 13.2 Å². The summed E-state index contributed by atoms with van der Waals surface area (Å²) in [5.74, 6) is 0.275. The Bertz CT molecular complexity index is 548. The van der Waals surface area contributed by atoms with Crippen molar-refractivity contribution in [3.8, 4) is 11.4 Å². The molecule has 0 aliphatic rings. The Morgan fingerprint density at radius 3 is 2.45 bits per heavy atom. The van der Waals surface area contributed by atoms with Gasteiger partial charge in [0.25, 0.3) is 0 Å². The molecule has 0 saturated heterocycles. The molecule has 1 aromatic carbocycles. The molecular formula is C14H16F3N3. The molecule has 2 N–H and O–H groups in total. The molecule has 0 amide bonds. The van der Waals surface area contributed by atoms with Gasteiger partial charge in [-0.2, -0.15) is 13.2 Å². The minimum atomic E-state index is -4.42. The molecule has 1 heterocycles. The topological polar surface area (TPSA) is 43.8 Å². The first-order valence-corrected chi connectivity index (χ1v) is 6.35. The number of alkyl halides is 3. The minimum absolute atomic E-state index is 0.233. The normalized spacial score (nSPS) is 15.1. The van der Waals surface area contributed by atoms with Gasteiger partial charge in [0.05, 0.1) is 0 Å². The van der Waals surface area contributed by atoms with E-state index in [1.54, 1.807) is 37.3 Å². The molecule has 3 nitrogen and oxygen atoms in total. The second-order valence-electron chi connectivity index (χ2n) is 4.58. The van der Waals surface area contributed by atoms with Crippen LogP contribution in [0.2, 0.25) is 0 Å². The number of halogens is 3. The predicted octanol–water partition coefficient (Wildman–Crippen LogP) is 3.39. The van der Waals surface area contributed by atoms with Crippen molar-refractivity contribution in [1.82, 2.24) is 9.55 Å². The van der Waals surface area contributed by atoms with Crippen molar-refractivity contribution in [3.63, 3.8) is 0 Å². The quantitative estimate of drug-likeness (QED) is 0.934. The molecule has 0 aliphatic heterocycles. The number of nitrogens with two attached hydrogens (primary N) is 1. The van der Waals surface area contributed by atoms with Crippen LogP contribution in [0.3, 0.4) is 0 Å². The van der Waals surface area contributed by atoms with E-state index >= 15 is 0 Å². The fourth-order valence-corrected chi connectivity index (χ4v) is 2.18. The first kappa shape index (κ1) is 14.6. The Morgan fingerprint density at radius 1 is 1.25 bits per heavy atom. The fourth-order valence-electron chi connectivity index (χ4n) is 2.18. The number of nitrogens with zero attached hydrogens (tertiary/aromatic N) is 2. The average Bonchev–Trinajstić information content (AvgIpc) is 2.87. The van der Waals surface area contributed by atoms with Crippen molar-refractivity contribution in [2.45, 2.75) is 31.6 Å². The molecule has 108 valence electrons. The maximum atomic E-state index is 13.3. The molecule has 6 heteroatoms. The molecule has 0 aliphatic carbocycles. The third kappa shape index (κ3) is 2.85. The van der Waals surface area contributed by atoms with E-state index in [1.165, 1.54) is 12.4 Å². The van der Waals surface area contributed by atoms with Crippen LogP contribution < -0.4 is 5.73 Å². The average molecular weight is 283 g/mol. The summed E-state index contributed by atoms with van der Waals surface area (Å²) in [7, 11) is 0. The maximum absolute atomic E-state index is 13.3. The van der Waals surface area contributed by atoms with Crippen LogP contribution in [0.15, 0.2) is 42.7 Å².